The zero-order valence-electron chi connectivity index (χ0n) is 12.3. The van der Waals surface area contributed by atoms with Crippen LogP contribution in [0.5, 0.6) is 0 Å². The monoisotopic (exact) mass is 305 g/mol. The molecule has 1 aromatic rings. The second kappa shape index (κ2) is 6.84. The molecule has 2 aliphatic heterocycles. The van der Waals surface area contributed by atoms with E-state index in [9.17, 15) is 9.90 Å². The first-order chi connectivity index (χ1) is 10.3. The summed E-state index contributed by atoms with van der Waals surface area (Å²) in [7, 11) is 0. The van der Waals surface area contributed by atoms with E-state index in [1.54, 1.807) is 11.8 Å². The maximum atomic E-state index is 13.0. The van der Waals surface area contributed by atoms with E-state index in [1.807, 2.05) is 11.0 Å². The number of rotatable bonds is 3. The standard InChI is InChI=1S/C17H23NO2S/c19-11-8-14-6-3-4-10-18(14)17(20)16-15-7-2-1-5-13(15)9-12-21-16/h1-2,5,7,14,16,19H,3-4,6,8-12H2. The summed E-state index contributed by atoms with van der Waals surface area (Å²) in [6, 6.07) is 8.58. The third kappa shape index (κ3) is 3.11. The molecular formula is C17H23NO2S. The van der Waals surface area contributed by atoms with Crippen molar-refractivity contribution in [1.29, 1.82) is 0 Å². The molecule has 1 saturated heterocycles. The Morgan fingerprint density at radius 3 is 3.05 bits per heavy atom. The molecule has 1 fully saturated rings. The lowest BCUT2D eigenvalue weighted by Crippen LogP contribution is -2.46. The molecule has 2 unspecified atom stereocenters. The number of aliphatic hydroxyl groups is 1. The molecule has 4 heteroatoms. The molecule has 3 rings (SSSR count). The van der Waals surface area contributed by atoms with Crippen LogP contribution < -0.4 is 0 Å². The van der Waals surface area contributed by atoms with Crippen LogP contribution in [0.4, 0.5) is 0 Å². The number of benzene rings is 1. The van der Waals surface area contributed by atoms with Gasteiger partial charge in [0.2, 0.25) is 5.91 Å². The minimum atomic E-state index is -0.0470. The van der Waals surface area contributed by atoms with E-state index in [0.717, 1.165) is 31.6 Å². The number of hydrogen-bond acceptors (Lipinski definition) is 3. The van der Waals surface area contributed by atoms with Gasteiger partial charge in [0.05, 0.1) is 0 Å². The third-order valence-electron chi connectivity index (χ3n) is 4.59. The molecule has 0 aromatic heterocycles. The highest BCUT2D eigenvalue weighted by molar-refractivity contribution is 8.00. The van der Waals surface area contributed by atoms with Crippen LogP contribution in [0.15, 0.2) is 24.3 Å². The number of amides is 1. The third-order valence-corrected chi connectivity index (χ3v) is 5.82. The lowest BCUT2D eigenvalue weighted by molar-refractivity contribution is -0.134. The molecule has 1 N–H and O–H groups in total. The molecule has 0 aliphatic carbocycles. The zero-order valence-corrected chi connectivity index (χ0v) is 13.1. The summed E-state index contributed by atoms with van der Waals surface area (Å²) >= 11 is 1.77. The van der Waals surface area contributed by atoms with Crippen LogP contribution >= 0.6 is 11.8 Å². The van der Waals surface area contributed by atoms with Gasteiger partial charge >= 0.3 is 0 Å². The Bertz CT molecular complexity index is 503. The fraction of sp³-hybridized carbons (Fsp3) is 0.588. The van der Waals surface area contributed by atoms with Gasteiger partial charge in [-0.3, -0.25) is 4.79 Å². The fourth-order valence-electron chi connectivity index (χ4n) is 3.49. The highest BCUT2D eigenvalue weighted by Crippen LogP contribution is 2.39. The molecule has 21 heavy (non-hydrogen) atoms. The van der Waals surface area contributed by atoms with Gasteiger partial charge in [-0.05, 0) is 49.0 Å². The summed E-state index contributed by atoms with van der Waals surface area (Å²) in [6.07, 6.45) is 5.07. The first-order valence-corrected chi connectivity index (χ1v) is 8.97. The van der Waals surface area contributed by atoms with Gasteiger partial charge in [-0.2, -0.15) is 0 Å². The van der Waals surface area contributed by atoms with Crippen LogP contribution in [0, 0.1) is 0 Å². The van der Waals surface area contributed by atoms with Crippen molar-refractivity contribution in [3.63, 3.8) is 0 Å². The van der Waals surface area contributed by atoms with E-state index in [0.29, 0.717) is 6.42 Å². The fourth-order valence-corrected chi connectivity index (χ4v) is 4.75. The van der Waals surface area contributed by atoms with E-state index in [2.05, 4.69) is 18.2 Å². The van der Waals surface area contributed by atoms with Crippen LogP contribution in [-0.4, -0.2) is 40.9 Å². The molecular weight excluding hydrogens is 282 g/mol. The Morgan fingerprint density at radius 1 is 1.33 bits per heavy atom. The Morgan fingerprint density at radius 2 is 2.19 bits per heavy atom. The smallest absolute Gasteiger partial charge is 0.240 e. The summed E-state index contributed by atoms with van der Waals surface area (Å²) in [5.74, 6) is 1.27. The van der Waals surface area contributed by atoms with E-state index in [1.165, 1.54) is 17.5 Å². The average Bonchev–Trinajstić information content (AvgIpc) is 2.54. The number of nitrogens with zero attached hydrogens (tertiary/aromatic N) is 1. The highest BCUT2D eigenvalue weighted by Gasteiger charge is 2.34. The average molecular weight is 305 g/mol. The minimum absolute atomic E-state index is 0.0470. The van der Waals surface area contributed by atoms with Crippen molar-refractivity contribution in [3.8, 4) is 0 Å². The zero-order chi connectivity index (χ0) is 14.7. The van der Waals surface area contributed by atoms with E-state index < -0.39 is 0 Å². The molecule has 0 saturated carbocycles. The predicted octanol–water partition coefficient (Wildman–Crippen LogP) is 2.78. The van der Waals surface area contributed by atoms with Crippen LogP contribution in [0.2, 0.25) is 0 Å². The van der Waals surface area contributed by atoms with Crippen molar-refractivity contribution in [2.75, 3.05) is 18.9 Å². The molecule has 0 radical (unpaired) electrons. The Hall–Kier alpha value is -1.00. The number of carbonyl (C=O) groups is 1. The number of aryl methyl sites for hydroxylation is 1. The van der Waals surface area contributed by atoms with Crippen molar-refractivity contribution >= 4 is 17.7 Å². The number of likely N-dealkylation sites (tertiary alicyclic amines) is 1. The number of thioether (sulfide) groups is 1. The Labute approximate surface area is 130 Å². The van der Waals surface area contributed by atoms with Crippen LogP contribution in [0.25, 0.3) is 0 Å². The lowest BCUT2D eigenvalue weighted by Gasteiger charge is -2.38. The summed E-state index contributed by atoms with van der Waals surface area (Å²) in [6.45, 7) is 1.02. The minimum Gasteiger partial charge on any atom is -0.396 e. The second-order valence-electron chi connectivity index (χ2n) is 5.89. The van der Waals surface area contributed by atoms with Crippen molar-refractivity contribution in [2.45, 2.75) is 43.4 Å². The van der Waals surface area contributed by atoms with Gasteiger partial charge in [-0.15, -0.1) is 11.8 Å². The number of aliphatic hydroxyl groups excluding tert-OH is 1. The van der Waals surface area contributed by atoms with E-state index in [4.69, 9.17) is 0 Å². The van der Waals surface area contributed by atoms with Gasteiger partial charge in [-0.25, -0.2) is 0 Å². The molecule has 2 aliphatic rings. The summed E-state index contributed by atoms with van der Waals surface area (Å²) in [4.78, 5) is 15.1. The van der Waals surface area contributed by atoms with Gasteiger partial charge in [0.1, 0.15) is 5.25 Å². The topological polar surface area (TPSA) is 40.5 Å². The number of hydrogen-bond donors (Lipinski definition) is 1. The number of piperidine rings is 1. The van der Waals surface area contributed by atoms with Crippen molar-refractivity contribution in [3.05, 3.63) is 35.4 Å². The van der Waals surface area contributed by atoms with Crippen molar-refractivity contribution in [2.24, 2.45) is 0 Å². The first kappa shape index (κ1) is 14.9. The molecule has 3 nitrogen and oxygen atoms in total. The van der Waals surface area contributed by atoms with Gasteiger partial charge < -0.3 is 10.0 Å². The van der Waals surface area contributed by atoms with Gasteiger partial charge in [0, 0.05) is 19.2 Å². The van der Waals surface area contributed by atoms with Gasteiger partial charge in [-0.1, -0.05) is 24.3 Å². The van der Waals surface area contributed by atoms with Gasteiger partial charge in [0.15, 0.2) is 0 Å². The molecule has 2 atom stereocenters. The van der Waals surface area contributed by atoms with E-state index >= 15 is 0 Å². The molecule has 1 aromatic carbocycles. The highest BCUT2D eigenvalue weighted by atomic mass is 32.2. The van der Waals surface area contributed by atoms with Crippen molar-refractivity contribution < 1.29 is 9.90 Å². The molecule has 1 amide bonds. The molecule has 2 heterocycles. The Balaban J connectivity index is 1.81. The Kier molecular flexibility index (Phi) is 4.86. The SMILES string of the molecule is O=C(C1SCCc2ccccc21)N1CCCCC1CCO. The summed E-state index contributed by atoms with van der Waals surface area (Å²) in [5.41, 5.74) is 2.53. The summed E-state index contributed by atoms with van der Waals surface area (Å²) < 4.78 is 0. The van der Waals surface area contributed by atoms with E-state index in [-0.39, 0.29) is 23.8 Å². The maximum Gasteiger partial charge on any atom is 0.240 e. The molecule has 114 valence electrons. The van der Waals surface area contributed by atoms with Crippen LogP contribution in [0.3, 0.4) is 0 Å². The number of carbonyl (C=O) groups excluding carboxylic acids is 1. The first-order valence-electron chi connectivity index (χ1n) is 7.92. The maximum absolute atomic E-state index is 13.0. The molecule has 0 bridgehead atoms. The quantitative estimate of drug-likeness (QED) is 0.933. The molecule has 0 spiro atoms. The normalized spacial score (nSPS) is 25.5. The van der Waals surface area contributed by atoms with Gasteiger partial charge in [0.25, 0.3) is 0 Å². The van der Waals surface area contributed by atoms with Crippen LogP contribution in [0.1, 0.15) is 42.1 Å². The van der Waals surface area contributed by atoms with Crippen LogP contribution in [-0.2, 0) is 11.2 Å². The number of fused-ring (bicyclic) bond motifs is 1. The summed E-state index contributed by atoms with van der Waals surface area (Å²) in [5, 5.41) is 9.20. The largest absolute Gasteiger partial charge is 0.396 e. The van der Waals surface area contributed by atoms with Crippen molar-refractivity contribution in [1.82, 2.24) is 4.90 Å². The lowest BCUT2D eigenvalue weighted by atomic mass is 9.96. The predicted molar refractivity (Wildman–Crippen MR) is 86.4 cm³/mol. The second-order valence-corrected chi connectivity index (χ2v) is 7.11.